The second-order valence-electron chi connectivity index (χ2n) is 4.74. The molecule has 0 unspecified atom stereocenters. The van der Waals surface area contributed by atoms with Crippen LogP contribution in [0.15, 0.2) is 34.6 Å². The SMILES string of the molecule is Cc1cc(S(C)(=O)=O)cc(S(C)(=O)=O)c1Nc1ncncn1. The molecule has 8 nitrogen and oxygen atoms in total. The summed E-state index contributed by atoms with van der Waals surface area (Å²) in [5, 5.41) is 2.79. The Kier molecular flexibility index (Phi) is 4.16. The molecule has 1 N–H and O–H groups in total. The summed E-state index contributed by atoms with van der Waals surface area (Å²) in [5.41, 5.74) is 0.685. The van der Waals surface area contributed by atoms with Gasteiger partial charge in [-0.05, 0) is 24.6 Å². The number of anilines is 2. The van der Waals surface area contributed by atoms with Crippen molar-refractivity contribution in [2.24, 2.45) is 0 Å². The highest BCUT2D eigenvalue weighted by atomic mass is 32.2. The van der Waals surface area contributed by atoms with Gasteiger partial charge in [-0.1, -0.05) is 0 Å². The highest BCUT2D eigenvalue weighted by Gasteiger charge is 2.21. The lowest BCUT2D eigenvalue weighted by Crippen LogP contribution is -2.09. The summed E-state index contributed by atoms with van der Waals surface area (Å²) in [6.07, 6.45) is 4.55. The number of aromatic nitrogens is 3. The fourth-order valence-corrected chi connectivity index (χ4v) is 3.53. The van der Waals surface area contributed by atoms with Gasteiger partial charge in [-0.2, -0.15) is 0 Å². The van der Waals surface area contributed by atoms with E-state index in [1.54, 1.807) is 6.92 Å². The maximum atomic E-state index is 12.0. The summed E-state index contributed by atoms with van der Waals surface area (Å²) in [6.45, 7) is 1.60. The van der Waals surface area contributed by atoms with E-state index in [2.05, 4.69) is 20.3 Å². The van der Waals surface area contributed by atoms with Crippen molar-refractivity contribution in [2.45, 2.75) is 16.7 Å². The van der Waals surface area contributed by atoms with Crippen molar-refractivity contribution < 1.29 is 16.8 Å². The number of benzene rings is 1. The van der Waals surface area contributed by atoms with Gasteiger partial charge in [0.05, 0.1) is 15.5 Å². The van der Waals surface area contributed by atoms with Gasteiger partial charge in [0, 0.05) is 12.5 Å². The predicted molar refractivity (Wildman–Crippen MR) is 80.5 cm³/mol. The summed E-state index contributed by atoms with van der Waals surface area (Å²) in [6, 6.07) is 2.52. The fraction of sp³-hybridized carbons (Fsp3) is 0.250. The van der Waals surface area contributed by atoms with Crippen molar-refractivity contribution in [2.75, 3.05) is 17.8 Å². The van der Waals surface area contributed by atoms with E-state index < -0.39 is 19.7 Å². The maximum Gasteiger partial charge on any atom is 0.230 e. The van der Waals surface area contributed by atoms with Crippen molar-refractivity contribution in [3.05, 3.63) is 30.4 Å². The third-order valence-corrected chi connectivity index (χ3v) is 5.04. The molecule has 0 aliphatic carbocycles. The lowest BCUT2D eigenvalue weighted by Gasteiger charge is -2.14. The molecule has 1 aromatic heterocycles. The smallest absolute Gasteiger partial charge is 0.230 e. The van der Waals surface area contributed by atoms with Gasteiger partial charge in [0.15, 0.2) is 19.7 Å². The van der Waals surface area contributed by atoms with Crippen molar-refractivity contribution in [1.82, 2.24) is 15.0 Å². The first-order valence-electron chi connectivity index (χ1n) is 6.03. The molecular formula is C12H14N4O4S2. The number of hydrogen-bond acceptors (Lipinski definition) is 8. The standard InChI is InChI=1S/C12H14N4O4S2/c1-8-4-9(21(2,17)18)5-10(22(3,19)20)11(8)16-12-14-6-13-7-15-12/h4-7H,1-3H3,(H,13,14,15,16). The molecule has 0 atom stereocenters. The number of aryl methyl sites for hydroxylation is 1. The first-order valence-corrected chi connectivity index (χ1v) is 9.81. The monoisotopic (exact) mass is 342 g/mol. The number of rotatable bonds is 4. The van der Waals surface area contributed by atoms with Crippen LogP contribution in [0.4, 0.5) is 11.6 Å². The Hall–Kier alpha value is -2.07. The van der Waals surface area contributed by atoms with Crippen LogP contribution in [0.25, 0.3) is 0 Å². The Morgan fingerprint density at radius 1 is 0.955 bits per heavy atom. The van der Waals surface area contributed by atoms with E-state index in [1.807, 2.05) is 0 Å². The largest absolute Gasteiger partial charge is 0.323 e. The minimum atomic E-state index is -3.66. The van der Waals surface area contributed by atoms with Gasteiger partial charge >= 0.3 is 0 Å². The Bertz CT molecular complexity index is 910. The average molecular weight is 342 g/mol. The zero-order chi connectivity index (χ0) is 16.5. The van der Waals surface area contributed by atoms with Gasteiger partial charge in [0.25, 0.3) is 0 Å². The lowest BCUT2D eigenvalue weighted by atomic mass is 10.2. The van der Waals surface area contributed by atoms with Crippen molar-refractivity contribution in [3.63, 3.8) is 0 Å². The molecule has 1 aromatic carbocycles. The molecule has 0 amide bonds. The zero-order valence-corrected chi connectivity index (χ0v) is 13.7. The van der Waals surface area contributed by atoms with Crippen molar-refractivity contribution >= 4 is 31.3 Å². The zero-order valence-electron chi connectivity index (χ0n) is 12.1. The summed E-state index contributed by atoms with van der Waals surface area (Å²) in [7, 11) is -7.19. The molecule has 0 aliphatic heterocycles. The van der Waals surface area contributed by atoms with Gasteiger partial charge in [-0.15, -0.1) is 0 Å². The van der Waals surface area contributed by atoms with Crippen LogP contribution in [0, 0.1) is 6.92 Å². The van der Waals surface area contributed by atoms with Crippen LogP contribution in [-0.2, 0) is 19.7 Å². The van der Waals surface area contributed by atoms with Crippen LogP contribution >= 0.6 is 0 Å². The predicted octanol–water partition coefficient (Wildman–Crippen LogP) is 0.731. The van der Waals surface area contributed by atoms with E-state index in [1.165, 1.54) is 18.7 Å². The minimum Gasteiger partial charge on any atom is -0.323 e. The summed E-state index contributed by atoms with van der Waals surface area (Å²) < 4.78 is 47.3. The van der Waals surface area contributed by atoms with Gasteiger partial charge < -0.3 is 5.32 Å². The van der Waals surface area contributed by atoms with Crippen LogP contribution in [0.5, 0.6) is 0 Å². The molecule has 0 radical (unpaired) electrons. The van der Waals surface area contributed by atoms with Crippen LogP contribution in [0.1, 0.15) is 5.56 Å². The van der Waals surface area contributed by atoms with Crippen LogP contribution in [0.3, 0.4) is 0 Å². The summed E-state index contributed by atoms with van der Waals surface area (Å²) >= 11 is 0. The van der Waals surface area contributed by atoms with E-state index in [9.17, 15) is 16.8 Å². The number of nitrogens with zero attached hydrogens (tertiary/aromatic N) is 3. The molecule has 1 heterocycles. The van der Waals surface area contributed by atoms with Crippen LogP contribution in [0.2, 0.25) is 0 Å². The summed E-state index contributed by atoms with van der Waals surface area (Å²) in [5.74, 6) is 0.162. The molecule has 118 valence electrons. The molecule has 2 rings (SSSR count). The quantitative estimate of drug-likeness (QED) is 0.863. The number of sulfone groups is 2. The Balaban J connectivity index is 2.68. The van der Waals surface area contributed by atoms with E-state index in [0.29, 0.717) is 5.56 Å². The first-order chi connectivity index (χ1) is 10.1. The van der Waals surface area contributed by atoms with Crippen molar-refractivity contribution in [1.29, 1.82) is 0 Å². The topological polar surface area (TPSA) is 119 Å². The second kappa shape index (κ2) is 5.61. The molecule has 0 saturated carbocycles. The third-order valence-electron chi connectivity index (χ3n) is 2.83. The lowest BCUT2D eigenvalue weighted by molar-refractivity contribution is 0.600. The van der Waals surface area contributed by atoms with E-state index >= 15 is 0 Å². The highest BCUT2D eigenvalue weighted by Crippen LogP contribution is 2.30. The van der Waals surface area contributed by atoms with Gasteiger partial charge in [-0.3, -0.25) is 0 Å². The van der Waals surface area contributed by atoms with Gasteiger partial charge in [0.2, 0.25) is 5.95 Å². The number of nitrogens with one attached hydrogen (secondary N) is 1. The molecule has 0 saturated heterocycles. The molecule has 10 heteroatoms. The molecule has 2 aromatic rings. The highest BCUT2D eigenvalue weighted by molar-refractivity contribution is 7.91. The normalized spacial score (nSPS) is 12.1. The second-order valence-corrected chi connectivity index (χ2v) is 8.74. The Morgan fingerprint density at radius 2 is 1.55 bits per heavy atom. The molecule has 0 bridgehead atoms. The average Bonchev–Trinajstić information content (AvgIpc) is 2.39. The van der Waals surface area contributed by atoms with Crippen LogP contribution < -0.4 is 5.32 Å². The van der Waals surface area contributed by atoms with E-state index in [4.69, 9.17) is 0 Å². The fourth-order valence-electron chi connectivity index (χ4n) is 1.81. The molecule has 22 heavy (non-hydrogen) atoms. The molecule has 0 spiro atoms. The third kappa shape index (κ3) is 3.57. The number of hydrogen-bond donors (Lipinski definition) is 1. The van der Waals surface area contributed by atoms with E-state index in [-0.39, 0.29) is 21.4 Å². The Morgan fingerprint density at radius 3 is 2.05 bits per heavy atom. The van der Waals surface area contributed by atoms with Gasteiger partial charge in [0.1, 0.15) is 12.7 Å². The Labute approximate surface area is 128 Å². The van der Waals surface area contributed by atoms with E-state index in [0.717, 1.165) is 18.6 Å². The molecule has 0 aliphatic rings. The summed E-state index contributed by atoms with van der Waals surface area (Å²) in [4.78, 5) is 11.2. The van der Waals surface area contributed by atoms with Gasteiger partial charge in [-0.25, -0.2) is 31.8 Å². The minimum absolute atomic E-state index is 0.0633. The molecular weight excluding hydrogens is 328 g/mol. The first kappa shape index (κ1) is 16.3. The molecule has 0 fully saturated rings. The maximum absolute atomic E-state index is 12.0. The van der Waals surface area contributed by atoms with Crippen LogP contribution in [-0.4, -0.2) is 44.3 Å². The van der Waals surface area contributed by atoms with Crippen molar-refractivity contribution in [3.8, 4) is 0 Å².